The minimum Gasteiger partial charge on any atom is -0.495 e. The Labute approximate surface area is 97.0 Å². The molecule has 0 aliphatic heterocycles. The molecule has 16 heavy (non-hydrogen) atoms. The maximum Gasteiger partial charge on any atom is 0.141 e. The molecule has 0 spiro atoms. The van der Waals surface area contributed by atoms with Gasteiger partial charge in [-0.1, -0.05) is 19.9 Å². The number of hydrogen-bond acceptors (Lipinski definition) is 3. The molecule has 0 saturated heterocycles. The maximum absolute atomic E-state index is 8.49. The van der Waals surface area contributed by atoms with Gasteiger partial charge in [0.25, 0.3) is 0 Å². The van der Waals surface area contributed by atoms with Crippen LogP contribution in [-0.4, -0.2) is 13.7 Å². The van der Waals surface area contributed by atoms with Crippen LogP contribution in [0, 0.1) is 11.3 Å². The molecule has 0 saturated carbocycles. The fourth-order valence-electron chi connectivity index (χ4n) is 1.48. The number of ether oxygens (including phenoxy) is 1. The largest absolute Gasteiger partial charge is 0.495 e. The van der Waals surface area contributed by atoms with Gasteiger partial charge in [0.05, 0.1) is 25.3 Å². The molecule has 1 rings (SSSR count). The lowest BCUT2D eigenvalue weighted by atomic mass is 10.0. The van der Waals surface area contributed by atoms with Gasteiger partial charge < -0.3 is 10.1 Å². The second-order valence-electron chi connectivity index (χ2n) is 3.95. The summed E-state index contributed by atoms with van der Waals surface area (Å²) in [6.07, 6.45) is 0.495. The first-order chi connectivity index (χ1) is 7.69. The Balaban J connectivity index is 2.85. The molecule has 1 aromatic rings. The van der Waals surface area contributed by atoms with Gasteiger partial charge >= 0.3 is 0 Å². The van der Waals surface area contributed by atoms with E-state index in [1.165, 1.54) is 5.56 Å². The van der Waals surface area contributed by atoms with Crippen molar-refractivity contribution in [3.8, 4) is 11.8 Å². The minimum atomic E-state index is 0.488. The Kier molecular flexibility index (Phi) is 4.65. The lowest BCUT2D eigenvalue weighted by Crippen LogP contribution is -2.03. The van der Waals surface area contributed by atoms with Gasteiger partial charge in [-0.05, 0) is 23.6 Å². The van der Waals surface area contributed by atoms with Crippen molar-refractivity contribution in [1.29, 1.82) is 5.26 Å². The number of anilines is 1. The first kappa shape index (κ1) is 12.4. The molecule has 0 aliphatic rings. The average Bonchev–Trinajstić information content (AvgIpc) is 2.29. The van der Waals surface area contributed by atoms with E-state index in [1.807, 2.05) is 6.07 Å². The Morgan fingerprint density at radius 2 is 2.19 bits per heavy atom. The molecule has 0 unspecified atom stereocenters. The molecule has 0 bridgehead atoms. The van der Waals surface area contributed by atoms with E-state index in [0.29, 0.717) is 18.9 Å². The summed E-state index contributed by atoms with van der Waals surface area (Å²) in [6, 6.07) is 8.22. The molecule has 3 heteroatoms. The summed E-state index contributed by atoms with van der Waals surface area (Å²) in [5.74, 6) is 1.31. The summed E-state index contributed by atoms with van der Waals surface area (Å²) in [5, 5.41) is 11.7. The second-order valence-corrected chi connectivity index (χ2v) is 3.95. The van der Waals surface area contributed by atoms with E-state index in [1.54, 1.807) is 7.11 Å². The highest BCUT2D eigenvalue weighted by Crippen LogP contribution is 2.28. The van der Waals surface area contributed by atoms with Crippen molar-refractivity contribution < 1.29 is 4.74 Å². The van der Waals surface area contributed by atoms with Crippen LogP contribution in [0.5, 0.6) is 5.75 Å². The Hall–Kier alpha value is -1.69. The average molecular weight is 218 g/mol. The molecule has 0 aromatic heterocycles. The Morgan fingerprint density at radius 3 is 2.75 bits per heavy atom. The second kappa shape index (κ2) is 6.02. The maximum atomic E-state index is 8.49. The molecule has 0 aliphatic carbocycles. The lowest BCUT2D eigenvalue weighted by molar-refractivity contribution is 0.416. The standard InChI is InChI=1S/C13H18N2O/c1-10(2)11-5-6-13(16-3)12(9-11)15-8-4-7-14/h5-6,9-10,15H,4,8H2,1-3H3. The molecule has 0 fully saturated rings. The molecule has 86 valence electrons. The number of hydrogen-bond donors (Lipinski definition) is 1. The fraction of sp³-hybridized carbons (Fsp3) is 0.462. The molecule has 1 aromatic carbocycles. The van der Waals surface area contributed by atoms with Crippen LogP contribution in [0.1, 0.15) is 31.7 Å². The number of nitrogens with zero attached hydrogens (tertiary/aromatic N) is 1. The van der Waals surface area contributed by atoms with Crippen molar-refractivity contribution >= 4 is 5.69 Å². The summed E-state index contributed by atoms with van der Waals surface area (Å²) in [4.78, 5) is 0. The van der Waals surface area contributed by atoms with E-state index in [-0.39, 0.29) is 0 Å². The van der Waals surface area contributed by atoms with Crippen LogP contribution in [0.25, 0.3) is 0 Å². The van der Waals surface area contributed by atoms with E-state index in [4.69, 9.17) is 10.00 Å². The third-order valence-electron chi connectivity index (χ3n) is 2.44. The van der Waals surface area contributed by atoms with Crippen LogP contribution in [-0.2, 0) is 0 Å². The third-order valence-corrected chi connectivity index (χ3v) is 2.44. The summed E-state index contributed by atoms with van der Waals surface area (Å²) in [7, 11) is 1.65. The Morgan fingerprint density at radius 1 is 1.44 bits per heavy atom. The minimum absolute atomic E-state index is 0.488. The lowest BCUT2D eigenvalue weighted by Gasteiger charge is -2.13. The van der Waals surface area contributed by atoms with Gasteiger partial charge in [0.2, 0.25) is 0 Å². The number of nitrogens with one attached hydrogen (secondary N) is 1. The van der Waals surface area contributed by atoms with Gasteiger partial charge in [-0.15, -0.1) is 0 Å². The zero-order valence-corrected chi connectivity index (χ0v) is 10.1. The van der Waals surface area contributed by atoms with Crippen molar-refractivity contribution in [3.63, 3.8) is 0 Å². The van der Waals surface area contributed by atoms with E-state index < -0.39 is 0 Å². The van der Waals surface area contributed by atoms with E-state index >= 15 is 0 Å². The molecule has 0 heterocycles. The van der Waals surface area contributed by atoms with Crippen molar-refractivity contribution in [2.24, 2.45) is 0 Å². The molecule has 0 radical (unpaired) electrons. The van der Waals surface area contributed by atoms with Crippen molar-refractivity contribution in [3.05, 3.63) is 23.8 Å². The normalized spacial score (nSPS) is 9.94. The SMILES string of the molecule is COc1ccc(C(C)C)cc1NCCC#N. The smallest absolute Gasteiger partial charge is 0.141 e. The molecular weight excluding hydrogens is 200 g/mol. The van der Waals surface area contributed by atoms with Crippen LogP contribution in [0.3, 0.4) is 0 Å². The van der Waals surface area contributed by atoms with Gasteiger partial charge in [-0.2, -0.15) is 5.26 Å². The highest BCUT2D eigenvalue weighted by molar-refractivity contribution is 5.58. The molecule has 1 N–H and O–H groups in total. The van der Waals surface area contributed by atoms with Crippen LogP contribution < -0.4 is 10.1 Å². The van der Waals surface area contributed by atoms with Gasteiger partial charge in [0.15, 0.2) is 0 Å². The number of benzene rings is 1. The van der Waals surface area contributed by atoms with Crippen molar-refractivity contribution in [2.45, 2.75) is 26.2 Å². The predicted molar refractivity (Wildman–Crippen MR) is 65.8 cm³/mol. The van der Waals surface area contributed by atoms with E-state index in [2.05, 4.69) is 37.4 Å². The van der Waals surface area contributed by atoms with Crippen LogP contribution in [0.2, 0.25) is 0 Å². The van der Waals surface area contributed by atoms with Crippen LogP contribution in [0.15, 0.2) is 18.2 Å². The number of nitriles is 1. The zero-order valence-electron chi connectivity index (χ0n) is 10.1. The van der Waals surface area contributed by atoms with E-state index in [9.17, 15) is 0 Å². The summed E-state index contributed by atoms with van der Waals surface area (Å²) in [6.45, 7) is 4.95. The predicted octanol–water partition coefficient (Wildman–Crippen LogP) is 3.14. The van der Waals surface area contributed by atoms with Crippen LogP contribution >= 0.6 is 0 Å². The van der Waals surface area contributed by atoms with Gasteiger partial charge in [0.1, 0.15) is 5.75 Å². The molecular formula is C13H18N2O. The highest BCUT2D eigenvalue weighted by Gasteiger charge is 2.06. The summed E-state index contributed by atoms with van der Waals surface area (Å²) < 4.78 is 5.27. The topological polar surface area (TPSA) is 45.0 Å². The Bertz CT molecular complexity index is 380. The number of methoxy groups -OCH3 is 1. The highest BCUT2D eigenvalue weighted by atomic mass is 16.5. The summed E-state index contributed by atoms with van der Waals surface area (Å²) >= 11 is 0. The van der Waals surface area contributed by atoms with Gasteiger partial charge in [-0.3, -0.25) is 0 Å². The van der Waals surface area contributed by atoms with Gasteiger partial charge in [0, 0.05) is 6.54 Å². The first-order valence-corrected chi connectivity index (χ1v) is 5.47. The molecule has 0 amide bonds. The molecule has 3 nitrogen and oxygen atoms in total. The fourth-order valence-corrected chi connectivity index (χ4v) is 1.48. The zero-order chi connectivity index (χ0) is 12.0. The van der Waals surface area contributed by atoms with Gasteiger partial charge in [-0.25, -0.2) is 0 Å². The monoisotopic (exact) mass is 218 g/mol. The summed E-state index contributed by atoms with van der Waals surface area (Å²) in [5.41, 5.74) is 2.23. The quantitative estimate of drug-likeness (QED) is 0.772. The molecule has 0 atom stereocenters. The number of rotatable bonds is 5. The third kappa shape index (κ3) is 3.16. The van der Waals surface area contributed by atoms with E-state index in [0.717, 1.165) is 11.4 Å². The van der Waals surface area contributed by atoms with Crippen LogP contribution in [0.4, 0.5) is 5.69 Å². The first-order valence-electron chi connectivity index (χ1n) is 5.47. The van der Waals surface area contributed by atoms with Crippen molar-refractivity contribution in [2.75, 3.05) is 19.0 Å². The van der Waals surface area contributed by atoms with Crippen molar-refractivity contribution in [1.82, 2.24) is 0 Å².